The van der Waals surface area contributed by atoms with Crippen molar-refractivity contribution in [2.24, 2.45) is 5.73 Å². The third-order valence-corrected chi connectivity index (χ3v) is 3.02. The SMILES string of the molecule is COc1ccc(N2CC(CN)OC(C)(C)C2)nc1. The Bertz CT molecular complexity index is 392. The minimum Gasteiger partial charge on any atom is -0.495 e. The van der Waals surface area contributed by atoms with Gasteiger partial charge in [0.2, 0.25) is 0 Å². The number of methoxy groups -OCH3 is 1. The van der Waals surface area contributed by atoms with Crippen molar-refractivity contribution >= 4 is 5.82 Å². The minimum absolute atomic E-state index is 0.0534. The minimum atomic E-state index is -0.204. The first kappa shape index (κ1) is 13.1. The lowest BCUT2D eigenvalue weighted by Gasteiger charge is -2.43. The van der Waals surface area contributed by atoms with Crippen LogP contribution < -0.4 is 15.4 Å². The molecule has 100 valence electrons. The number of nitrogens with two attached hydrogens (primary N) is 1. The van der Waals surface area contributed by atoms with Gasteiger partial charge < -0.3 is 20.1 Å². The van der Waals surface area contributed by atoms with Crippen LogP contribution in [0.4, 0.5) is 5.82 Å². The van der Waals surface area contributed by atoms with Crippen molar-refractivity contribution in [2.75, 3.05) is 31.6 Å². The van der Waals surface area contributed by atoms with Crippen LogP contribution in [0.3, 0.4) is 0 Å². The first-order valence-electron chi connectivity index (χ1n) is 6.17. The topological polar surface area (TPSA) is 60.6 Å². The van der Waals surface area contributed by atoms with Gasteiger partial charge in [-0.1, -0.05) is 0 Å². The molecular weight excluding hydrogens is 230 g/mol. The highest BCUT2D eigenvalue weighted by atomic mass is 16.5. The van der Waals surface area contributed by atoms with Gasteiger partial charge in [0.1, 0.15) is 11.6 Å². The monoisotopic (exact) mass is 251 g/mol. The van der Waals surface area contributed by atoms with Gasteiger partial charge in [0.05, 0.1) is 25.0 Å². The molecule has 0 aromatic carbocycles. The maximum Gasteiger partial charge on any atom is 0.137 e. The van der Waals surface area contributed by atoms with E-state index in [-0.39, 0.29) is 11.7 Å². The van der Waals surface area contributed by atoms with Crippen LogP contribution in [0.5, 0.6) is 5.75 Å². The normalized spacial score (nSPS) is 22.9. The van der Waals surface area contributed by atoms with Crippen molar-refractivity contribution in [1.29, 1.82) is 0 Å². The van der Waals surface area contributed by atoms with Gasteiger partial charge in [-0.15, -0.1) is 0 Å². The van der Waals surface area contributed by atoms with E-state index >= 15 is 0 Å². The Morgan fingerprint density at radius 1 is 1.56 bits per heavy atom. The van der Waals surface area contributed by atoms with Gasteiger partial charge in [-0.05, 0) is 26.0 Å². The van der Waals surface area contributed by atoms with Crippen LogP contribution in [0.15, 0.2) is 18.3 Å². The predicted octanol–water partition coefficient (Wildman–Crippen LogP) is 1.03. The number of aromatic nitrogens is 1. The maximum absolute atomic E-state index is 5.90. The van der Waals surface area contributed by atoms with Crippen LogP contribution in [0.1, 0.15) is 13.8 Å². The Balaban J connectivity index is 2.15. The Morgan fingerprint density at radius 3 is 2.89 bits per heavy atom. The molecule has 1 saturated heterocycles. The highest BCUT2D eigenvalue weighted by Crippen LogP contribution is 2.25. The first-order valence-corrected chi connectivity index (χ1v) is 6.17. The number of hydrogen-bond acceptors (Lipinski definition) is 5. The second kappa shape index (κ2) is 5.12. The summed E-state index contributed by atoms with van der Waals surface area (Å²) in [5.74, 6) is 1.70. The second-order valence-corrected chi connectivity index (χ2v) is 5.17. The molecule has 0 aliphatic carbocycles. The van der Waals surface area contributed by atoms with Crippen molar-refractivity contribution in [3.05, 3.63) is 18.3 Å². The molecule has 1 atom stereocenters. The lowest BCUT2D eigenvalue weighted by atomic mass is 10.1. The van der Waals surface area contributed by atoms with E-state index in [4.69, 9.17) is 15.2 Å². The number of nitrogens with zero attached hydrogens (tertiary/aromatic N) is 2. The van der Waals surface area contributed by atoms with E-state index in [9.17, 15) is 0 Å². The van der Waals surface area contributed by atoms with Crippen molar-refractivity contribution in [1.82, 2.24) is 4.98 Å². The molecule has 0 amide bonds. The third-order valence-electron chi connectivity index (χ3n) is 3.02. The highest BCUT2D eigenvalue weighted by molar-refractivity contribution is 5.42. The summed E-state index contributed by atoms with van der Waals surface area (Å²) in [6, 6.07) is 3.88. The number of ether oxygens (including phenoxy) is 2. The Morgan fingerprint density at radius 2 is 2.33 bits per heavy atom. The Kier molecular flexibility index (Phi) is 3.73. The molecule has 2 heterocycles. The average molecular weight is 251 g/mol. The van der Waals surface area contributed by atoms with E-state index in [1.165, 1.54) is 0 Å². The maximum atomic E-state index is 5.90. The fourth-order valence-corrected chi connectivity index (χ4v) is 2.27. The summed E-state index contributed by atoms with van der Waals surface area (Å²) in [5.41, 5.74) is 5.51. The van der Waals surface area contributed by atoms with Crippen LogP contribution in [-0.4, -0.2) is 43.4 Å². The van der Waals surface area contributed by atoms with Gasteiger partial charge in [0.15, 0.2) is 0 Å². The van der Waals surface area contributed by atoms with Crippen molar-refractivity contribution in [3.8, 4) is 5.75 Å². The molecule has 1 aromatic heterocycles. The number of hydrogen-bond donors (Lipinski definition) is 1. The largest absolute Gasteiger partial charge is 0.495 e. The van der Waals surface area contributed by atoms with Crippen LogP contribution in [0.2, 0.25) is 0 Å². The molecule has 0 saturated carbocycles. The summed E-state index contributed by atoms with van der Waals surface area (Å²) in [6.45, 7) is 6.26. The zero-order valence-corrected chi connectivity index (χ0v) is 11.2. The van der Waals surface area contributed by atoms with Crippen LogP contribution in [0.25, 0.3) is 0 Å². The molecule has 0 bridgehead atoms. The zero-order valence-electron chi connectivity index (χ0n) is 11.2. The van der Waals surface area contributed by atoms with E-state index < -0.39 is 0 Å². The molecule has 2 N–H and O–H groups in total. The standard InChI is InChI=1S/C13H21N3O2/c1-13(2)9-16(8-11(6-14)18-13)12-5-4-10(17-3)7-15-12/h4-5,7,11H,6,8-9,14H2,1-3H3. The van der Waals surface area contributed by atoms with E-state index in [1.807, 2.05) is 12.1 Å². The summed E-state index contributed by atoms with van der Waals surface area (Å²) in [6.07, 6.45) is 1.78. The van der Waals surface area contributed by atoms with Gasteiger partial charge >= 0.3 is 0 Å². The first-order chi connectivity index (χ1) is 8.54. The molecule has 0 radical (unpaired) electrons. The number of rotatable bonds is 3. The molecule has 1 fully saturated rings. The Hall–Kier alpha value is -1.33. The fourth-order valence-electron chi connectivity index (χ4n) is 2.27. The van der Waals surface area contributed by atoms with Gasteiger partial charge in [0, 0.05) is 19.6 Å². The third kappa shape index (κ3) is 2.91. The summed E-state index contributed by atoms with van der Waals surface area (Å²) in [5, 5.41) is 0. The summed E-state index contributed by atoms with van der Waals surface area (Å²) >= 11 is 0. The van der Waals surface area contributed by atoms with Crippen molar-refractivity contribution < 1.29 is 9.47 Å². The number of anilines is 1. The van der Waals surface area contributed by atoms with Gasteiger partial charge in [-0.25, -0.2) is 4.98 Å². The van der Waals surface area contributed by atoms with Gasteiger partial charge in [0.25, 0.3) is 0 Å². The molecule has 1 aromatic rings. The lowest BCUT2D eigenvalue weighted by molar-refractivity contribution is -0.0790. The van der Waals surface area contributed by atoms with E-state index in [0.29, 0.717) is 6.54 Å². The van der Waals surface area contributed by atoms with Crippen LogP contribution in [-0.2, 0) is 4.74 Å². The fraction of sp³-hybridized carbons (Fsp3) is 0.615. The van der Waals surface area contributed by atoms with Crippen LogP contribution >= 0.6 is 0 Å². The molecule has 0 spiro atoms. The quantitative estimate of drug-likeness (QED) is 0.869. The number of morpholine rings is 1. The molecular formula is C13H21N3O2. The van der Waals surface area contributed by atoms with E-state index in [2.05, 4.69) is 23.7 Å². The summed E-state index contributed by atoms with van der Waals surface area (Å²) < 4.78 is 11.0. The van der Waals surface area contributed by atoms with Gasteiger partial charge in [-0.3, -0.25) is 0 Å². The molecule has 2 rings (SSSR count). The predicted molar refractivity (Wildman–Crippen MR) is 71.0 cm³/mol. The second-order valence-electron chi connectivity index (χ2n) is 5.17. The van der Waals surface area contributed by atoms with Gasteiger partial charge in [-0.2, -0.15) is 0 Å². The smallest absolute Gasteiger partial charge is 0.137 e. The summed E-state index contributed by atoms with van der Waals surface area (Å²) in [7, 11) is 1.64. The molecule has 1 aliphatic heterocycles. The Labute approximate surface area is 108 Å². The van der Waals surface area contributed by atoms with E-state index in [0.717, 1.165) is 24.7 Å². The molecule has 1 aliphatic rings. The molecule has 18 heavy (non-hydrogen) atoms. The van der Waals surface area contributed by atoms with Crippen LogP contribution in [0, 0.1) is 0 Å². The average Bonchev–Trinajstić information content (AvgIpc) is 2.37. The number of pyridine rings is 1. The van der Waals surface area contributed by atoms with Crippen molar-refractivity contribution in [3.63, 3.8) is 0 Å². The summed E-state index contributed by atoms with van der Waals surface area (Å²) in [4.78, 5) is 6.62. The highest BCUT2D eigenvalue weighted by Gasteiger charge is 2.33. The van der Waals surface area contributed by atoms with E-state index in [1.54, 1.807) is 13.3 Å². The van der Waals surface area contributed by atoms with Crippen molar-refractivity contribution in [2.45, 2.75) is 25.6 Å². The lowest BCUT2D eigenvalue weighted by Crippen LogP contribution is -2.55. The molecule has 5 heteroatoms. The molecule has 5 nitrogen and oxygen atoms in total. The zero-order chi connectivity index (χ0) is 13.2. The molecule has 1 unspecified atom stereocenters.